The van der Waals surface area contributed by atoms with Crippen LogP contribution in [0.1, 0.15) is 25.7 Å². The van der Waals surface area contributed by atoms with E-state index in [1.54, 1.807) is 12.4 Å². The first-order chi connectivity index (χ1) is 12.0. The highest BCUT2D eigenvalue weighted by Crippen LogP contribution is 2.25. The molecule has 2 atom stereocenters. The molecular weight excluding hydrogens is 318 g/mol. The molecule has 138 valence electrons. The molecule has 25 heavy (non-hydrogen) atoms. The number of aromatic nitrogens is 2. The number of nitrogens with zero attached hydrogens (tertiary/aromatic N) is 5. The van der Waals surface area contributed by atoms with E-state index in [-0.39, 0.29) is 17.9 Å². The molecule has 2 saturated heterocycles. The highest BCUT2D eigenvalue weighted by molar-refractivity contribution is 5.79. The van der Waals surface area contributed by atoms with Crippen molar-refractivity contribution < 1.29 is 9.53 Å². The SMILES string of the molecule is CN1CCCC(C(=O)N2CCCC(Oc3nccnc3N(C)C)C2)C1. The highest BCUT2D eigenvalue weighted by atomic mass is 16.5. The fourth-order valence-electron chi connectivity index (χ4n) is 3.73. The Balaban J connectivity index is 1.62. The Hall–Kier alpha value is -1.89. The van der Waals surface area contributed by atoms with Crippen molar-refractivity contribution in [2.75, 3.05) is 52.2 Å². The van der Waals surface area contributed by atoms with Gasteiger partial charge in [0, 0.05) is 39.6 Å². The Morgan fingerprint density at radius 2 is 1.92 bits per heavy atom. The summed E-state index contributed by atoms with van der Waals surface area (Å²) >= 11 is 0. The molecule has 0 aliphatic carbocycles. The van der Waals surface area contributed by atoms with E-state index >= 15 is 0 Å². The summed E-state index contributed by atoms with van der Waals surface area (Å²) in [6.07, 6.45) is 7.31. The minimum Gasteiger partial charge on any atom is -0.470 e. The lowest BCUT2D eigenvalue weighted by Crippen LogP contribution is -2.49. The monoisotopic (exact) mass is 347 g/mol. The van der Waals surface area contributed by atoms with Gasteiger partial charge >= 0.3 is 0 Å². The molecule has 2 fully saturated rings. The van der Waals surface area contributed by atoms with E-state index in [0.29, 0.717) is 12.4 Å². The van der Waals surface area contributed by atoms with Crippen molar-refractivity contribution in [3.8, 4) is 5.88 Å². The number of anilines is 1. The van der Waals surface area contributed by atoms with Gasteiger partial charge in [-0.05, 0) is 39.3 Å². The summed E-state index contributed by atoms with van der Waals surface area (Å²) in [7, 11) is 5.94. The zero-order valence-electron chi connectivity index (χ0n) is 15.5. The number of amides is 1. The molecule has 1 aromatic rings. The zero-order chi connectivity index (χ0) is 17.8. The van der Waals surface area contributed by atoms with Crippen LogP contribution in [0.25, 0.3) is 0 Å². The maximum atomic E-state index is 12.9. The lowest BCUT2D eigenvalue weighted by molar-refractivity contribution is -0.139. The number of rotatable bonds is 4. The van der Waals surface area contributed by atoms with Crippen molar-refractivity contribution in [3.63, 3.8) is 0 Å². The molecule has 0 spiro atoms. The molecule has 3 heterocycles. The standard InChI is InChI=1S/C18H29N5O2/c1-21(2)16-17(20-9-8-19-16)25-15-7-5-11-23(13-15)18(24)14-6-4-10-22(3)12-14/h8-9,14-15H,4-7,10-13H2,1-3H3. The van der Waals surface area contributed by atoms with Gasteiger partial charge in [-0.25, -0.2) is 9.97 Å². The molecule has 0 radical (unpaired) electrons. The van der Waals surface area contributed by atoms with Crippen LogP contribution in [0.15, 0.2) is 12.4 Å². The molecule has 0 saturated carbocycles. The smallest absolute Gasteiger partial charge is 0.257 e. The third kappa shape index (κ3) is 4.39. The molecule has 1 amide bonds. The summed E-state index contributed by atoms with van der Waals surface area (Å²) in [5, 5.41) is 0. The van der Waals surface area contributed by atoms with Crippen molar-refractivity contribution in [3.05, 3.63) is 12.4 Å². The molecule has 1 aromatic heterocycles. The van der Waals surface area contributed by atoms with Crippen LogP contribution in [-0.2, 0) is 4.79 Å². The van der Waals surface area contributed by atoms with Gasteiger partial charge in [-0.1, -0.05) is 0 Å². The Morgan fingerprint density at radius 3 is 2.68 bits per heavy atom. The first-order valence-corrected chi connectivity index (χ1v) is 9.17. The quantitative estimate of drug-likeness (QED) is 0.817. The van der Waals surface area contributed by atoms with Crippen LogP contribution >= 0.6 is 0 Å². The number of hydrogen-bond acceptors (Lipinski definition) is 6. The van der Waals surface area contributed by atoms with Gasteiger partial charge in [0.15, 0.2) is 5.82 Å². The summed E-state index contributed by atoms with van der Waals surface area (Å²) in [6.45, 7) is 3.44. The second-order valence-electron chi connectivity index (χ2n) is 7.35. The minimum absolute atomic E-state index is 0.0191. The van der Waals surface area contributed by atoms with Crippen molar-refractivity contribution in [1.82, 2.24) is 19.8 Å². The van der Waals surface area contributed by atoms with Gasteiger partial charge in [0.25, 0.3) is 5.88 Å². The topological polar surface area (TPSA) is 61.8 Å². The van der Waals surface area contributed by atoms with Gasteiger partial charge in [0.1, 0.15) is 6.10 Å². The maximum Gasteiger partial charge on any atom is 0.257 e. The number of piperidine rings is 2. The fourth-order valence-corrected chi connectivity index (χ4v) is 3.73. The molecular formula is C18H29N5O2. The van der Waals surface area contributed by atoms with Crippen LogP contribution in [0.3, 0.4) is 0 Å². The zero-order valence-corrected chi connectivity index (χ0v) is 15.5. The van der Waals surface area contributed by atoms with E-state index in [4.69, 9.17) is 4.74 Å². The van der Waals surface area contributed by atoms with Crippen LogP contribution < -0.4 is 9.64 Å². The van der Waals surface area contributed by atoms with Crippen LogP contribution in [0.4, 0.5) is 5.82 Å². The first kappa shape index (κ1) is 17.9. The van der Waals surface area contributed by atoms with E-state index in [9.17, 15) is 4.79 Å². The van der Waals surface area contributed by atoms with Crippen molar-refractivity contribution in [2.24, 2.45) is 5.92 Å². The summed E-state index contributed by atoms with van der Waals surface area (Å²) in [5.74, 6) is 1.68. The van der Waals surface area contributed by atoms with Crippen molar-refractivity contribution >= 4 is 11.7 Å². The van der Waals surface area contributed by atoms with Gasteiger partial charge < -0.3 is 19.4 Å². The van der Waals surface area contributed by atoms with Crippen LogP contribution in [0.5, 0.6) is 5.88 Å². The van der Waals surface area contributed by atoms with Crippen LogP contribution in [0.2, 0.25) is 0 Å². The minimum atomic E-state index is -0.0191. The second-order valence-corrected chi connectivity index (χ2v) is 7.35. The summed E-state index contributed by atoms with van der Waals surface area (Å²) in [6, 6.07) is 0. The number of likely N-dealkylation sites (tertiary alicyclic amines) is 2. The number of hydrogen-bond donors (Lipinski definition) is 0. The van der Waals surface area contributed by atoms with E-state index < -0.39 is 0 Å². The Labute approximate surface area is 150 Å². The molecule has 0 N–H and O–H groups in total. The lowest BCUT2D eigenvalue weighted by Gasteiger charge is -2.37. The van der Waals surface area contributed by atoms with Gasteiger partial charge in [-0.3, -0.25) is 4.79 Å². The third-order valence-electron chi connectivity index (χ3n) is 5.01. The molecule has 0 aromatic carbocycles. The summed E-state index contributed by atoms with van der Waals surface area (Å²) < 4.78 is 6.12. The van der Waals surface area contributed by atoms with E-state index in [2.05, 4.69) is 21.9 Å². The Bertz CT molecular complexity index is 595. The predicted molar refractivity (Wildman–Crippen MR) is 96.8 cm³/mol. The molecule has 7 nitrogen and oxygen atoms in total. The fraction of sp³-hybridized carbons (Fsp3) is 0.722. The van der Waals surface area contributed by atoms with Crippen molar-refractivity contribution in [1.29, 1.82) is 0 Å². The highest BCUT2D eigenvalue weighted by Gasteiger charge is 2.32. The van der Waals surface area contributed by atoms with Gasteiger partial charge in [-0.15, -0.1) is 0 Å². The lowest BCUT2D eigenvalue weighted by atomic mass is 9.95. The second kappa shape index (κ2) is 7.99. The molecule has 2 aliphatic rings. The normalized spacial score (nSPS) is 24.8. The van der Waals surface area contributed by atoms with Crippen LogP contribution in [-0.4, -0.2) is 79.1 Å². The largest absolute Gasteiger partial charge is 0.470 e. The Kier molecular flexibility index (Phi) is 5.73. The number of ether oxygens (including phenoxy) is 1. The third-order valence-corrected chi connectivity index (χ3v) is 5.01. The summed E-state index contributed by atoms with van der Waals surface area (Å²) in [5.41, 5.74) is 0. The average Bonchev–Trinajstić information content (AvgIpc) is 2.61. The van der Waals surface area contributed by atoms with Crippen molar-refractivity contribution in [2.45, 2.75) is 31.8 Å². The predicted octanol–water partition coefficient (Wildman–Crippen LogP) is 1.25. The maximum absolute atomic E-state index is 12.9. The van der Waals surface area contributed by atoms with Gasteiger partial charge in [0.05, 0.1) is 12.5 Å². The van der Waals surface area contributed by atoms with E-state index in [1.165, 1.54) is 0 Å². The number of carbonyl (C=O) groups excluding carboxylic acids is 1. The van der Waals surface area contributed by atoms with E-state index in [1.807, 2.05) is 23.9 Å². The molecule has 0 bridgehead atoms. The molecule has 7 heteroatoms. The Morgan fingerprint density at radius 1 is 1.16 bits per heavy atom. The molecule has 3 rings (SSSR count). The first-order valence-electron chi connectivity index (χ1n) is 9.17. The van der Waals surface area contributed by atoms with Gasteiger partial charge in [0.2, 0.25) is 5.91 Å². The van der Waals surface area contributed by atoms with Crippen LogP contribution in [0, 0.1) is 5.92 Å². The molecule has 2 aliphatic heterocycles. The summed E-state index contributed by atoms with van der Waals surface area (Å²) in [4.78, 5) is 27.7. The van der Waals surface area contributed by atoms with E-state index in [0.717, 1.165) is 51.1 Å². The van der Waals surface area contributed by atoms with Gasteiger partial charge in [-0.2, -0.15) is 0 Å². The average molecular weight is 347 g/mol. The molecule has 2 unspecified atom stereocenters. The number of carbonyl (C=O) groups is 1.